The number of nitrogens with one attached hydrogen (secondary N) is 1. The fraction of sp³-hybridized carbons (Fsp3) is 1.00. The van der Waals surface area contributed by atoms with E-state index in [1.807, 2.05) is 0 Å². The molecule has 3 nitrogen and oxygen atoms in total. The van der Waals surface area contributed by atoms with Crippen LogP contribution in [0.25, 0.3) is 0 Å². The minimum atomic E-state index is 0.0865. The first-order chi connectivity index (χ1) is 6.76. The second kappa shape index (κ2) is 4.17. The van der Waals surface area contributed by atoms with Crippen molar-refractivity contribution >= 4 is 0 Å². The summed E-state index contributed by atoms with van der Waals surface area (Å²) in [7, 11) is 0. The van der Waals surface area contributed by atoms with Gasteiger partial charge in [0.15, 0.2) is 0 Å². The summed E-state index contributed by atoms with van der Waals surface area (Å²) in [5, 5.41) is 3.62. The SMILES string of the molecule is CC(CNC1(CN)CCOC1)C1CC1. The van der Waals surface area contributed by atoms with E-state index in [0.717, 1.165) is 38.0 Å². The van der Waals surface area contributed by atoms with E-state index in [2.05, 4.69) is 12.2 Å². The molecule has 1 aliphatic carbocycles. The van der Waals surface area contributed by atoms with Crippen LogP contribution in [0.1, 0.15) is 26.2 Å². The molecule has 2 atom stereocenters. The molecule has 0 aromatic heterocycles. The summed E-state index contributed by atoms with van der Waals surface area (Å²) in [4.78, 5) is 0. The van der Waals surface area contributed by atoms with Crippen LogP contribution in [0.15, 0.2) is 0 Å². The van der Waals surface area contributed by atoms with Crippen molar-refractivity contribution in [3.63, 3.8) is 0 Å². The lowest BCUT2D eigenvalue weighted by atomic mass is 9.97. The second-order valence-corrected chi connectivity index (χ2v) is 4.98. The van der Waals surface area contributed by atoms with Crippen molar-refractivity contribution < 1.29 is 4.74 Å². The average molecular weight is 198 g/mol. The molecule has 82 valence electrons. The fourth-order valence-corrected chi connectivity index (χ4v) is 2.19. The van der Waals surface area contributed by atoms with E-state index in [-0.39, 0.29) is 5.54 Å². The molecule has 3 N–H and O–H groups in total. The lowest BCUT2D eigenvalue weighted by molar-refractivity contribution is 0.166. The van der Waals surface area contributed by atoms with Crippen molar-refractivity contribution in [1.82, 2.24) is 5.32 Å². The van der Waals surface area contributed by atoms with Gasteiger partial charge < -0.3 is 15.8 Å². The van der Waals surface area contributed by atoms with Crippen LogP contribution in [-0.4, -0.2) is 31.8 Å². The van der Waals surface area contributed by atoms with Gasteiger partial charge in [0.05, 0.1) is 12.1 Å². The summed E-state index contributed by atoms with van der Waals surface area (Å²) in [6.45, 7) is 5.79. The Balaban J connectivity index is 1.76. The van der Waals surface area contributed by atoms with E-state index >= 15 is 0 Å². The Morgan fingerprint density at radius 1 is 1.57 bits per heavy atom. The molecular formula is C11H22N2O. The van der Waals surface area contributed by atoms with Crippen molar-refractivity contribution in [1.29, 1.82) is 0 Å². The second-order valence-electron chi connectivity index (χ2n) is 4.98. The molecule has 0 spiro atoms. The first-order valence-corrected chi connectivity index (χ1v) is 5.79. The van der Waals surface area contributed by atoms with Gasteiger partial charge in [0.1, 0.15) is 0 Å². The zero-order valence-corrected chi connectivity index (χ0v) is 9.09. The molecule has 14 heavy (non-hydrogen) atoms. The summed E-state index contributed by atoms with van der Waals surface area (Å²) < 4.78 is 5.42. The Bertz CT molecular complexity index is 186. The van der Waals surface area contributed by atoms with E-state index in [0.29, 0.717) is 6.54 Å². The van der Waals surface area contributed by atoms with Gasteiger partial charge in [0.2, 0.25) is 0 Å². The fourth-order valence-electron chi connectivity index (χ4n) is 2.19. The highest BCUT2D eigenvalue weighted by molar-refractivity contribution is 4.94. The predicted octanol–water partition coefficient (Wildman–Crippen LogP) is 0.740. The third-order valence-corrected chi connectivity index (χ3v) is 3.72. The third kappa shape index (κ3) is 2.27. The zero-order valence-electron chi connectivity index (χ0n) is 9.09. The first-order valence-electron chi connectivity index (χ1n) is 5.79. The number of rotatable bonds is 5. The first kappa shape index (κ1) is 10.4. The molecule has 2 rings (SSSR count). The van der Waals surface area contributed by atoms with Crippen molar-refractivity contribution in [3.8, 4) is 0 Å². The Hall–Kier alpha value is -0.120. The largest absolute Gasteiger partial charge is 0.379 e. The minimum Gasteiger partial charge on any atom is -0.379 e. The summed E-state index contributed by atoms with van der Waals surface area (Å²) in [6, 6.07) is 0. The third-order valence-electron chi connectivity index (χ3n) is 3.72. The van der Waals surface area contributed by atoms with Gasteiger partial charge in [-0.05, 0) is 37.6 Å². The van der Waals surface area contributed by atoms with E-state index in [9.17, 15) is 0 Å². The lowest BCUT2D eigenvalue weighted by Crippen LogP contribution is -2.53. The molecule has 0 amide bonds. The number of ether oxygens (including phenoxy) is 1. The summed E-state index contributed by atoms with van der Waals surface area (Å²) in [6.07, 6.45) is 3.92. The van der Waals surface area contributed by atoms with Gasteiger partial charge in [-0.3, -0.25) is 0 Å². The van der Waals surface area contributed by atoms with Crippen LogP contribution in [0.3, 0.4) is 0 Å². The van der Waals surface area contributed by atoms with Crippen molar-refractivity contribution in [2.45, 2.75) is 31.7 Å². The molecule has 0 aromatic rings. The van der Waals surface area contributed by atoms with Gasteiger partial charge in [-0.25, -0.2) is 0 Å². The van der Waals surface area contributed by atoms with Crippen LogP contribution < -0.4 is 11.1 Å². The maximum atomic E-state index is 5.80. The summed E-state index contributed by atoms with van der Waals surface area (Å²) in [5.74, 6) is 1.78. The maximum Gasteiger partial charge on any atom is 0.0661 e. The van der Waals surface area contributed by atoms with Gasteiger partial charge in [0, 0.05) is 13.2 Å². The molecular weight excluding hydrogens is 176 g/mol. The van der Waals surface area contributed by atoms with E-state index in [1.165, 1.54) is 12.8 Å². The van der Waals surface area contributed by atoms with E-state index < -0.39 is 0 Å². The van der Waals surface area contributed by atoms with Crippen LogP contribution in [0.4, 0.5) is 0 Å². The van der Waals surface area contributed by atoms with Crippen LogP contribution >= 0.6 is 0 Å². The smallest absolute Gasteiger partial charge is 0.0661 e. The summed E-state index contributed by atoms with van der Waals surface area (Å²) in [5.41, 5.74) is 5.89. The standard InChI is InChI=1S/C11H22N2O/c1-9(10-2-3-10)6-13-11(7-12)4-5-14-8-11/h9-10,13H,2-8,12H2,1H3. The van der Waals surface area contributed by atoms with Gasteiger partial charge in [-0.15, -0.1) is 0 Å². The normalized spacial score (nSPS) is 34.7. The van der Waals surface area contributed by atoms with Gasteiger partial charge in [-0.1, -0.05) is 6.92 Å². The number of hydrogen-bond donors (Lipinski definition) is 2. The lowest BCUT2D eigenvalue weighted by Gasteiger charge is -2.28. The Kier molecular flexibility index (Phi) is 3.10. The van der Waals surface area contributed by atoms with Gasteiger partial charge in [0.25, 0.3) is 0 Å². The molecule has 3 heteroatoms. The highest BCUT2D eigenvalue weighted by Crippen LogP contribution is 2.36. The molecule has 2 unspecified atom stereocenters. The molecule has 2 fully saturated rings. The van der Waals surface area contributed by atoms with E-state index in [4.69, 9.17) is 10.5 Å². The highest BCUT2D eigenvalue weighted by Gasteiger charge is 2.35. The maximum absolute atomic E-state index is 5.80. The molecule has 0 radical (unpaired) electrons. The monoisotopic (exact) mass is 198 g/mol. The highest BCUT2D eigenvalue weighted by atomic mass is 16.5. The van der Waals surface area contributed by atoms with Gasteiger partial charge >= 0.3 is 0 Å². The molecule has 0 bridgehead atoms. The van der Waals surface area contributed by atoms with Crippen molar-refractivity contribution in [2.24, 2.45) is 17.6 Å². The quantitative estimate of drug-likeness (QED) is 0.685. The van der Waals surface area contributed by atoms with Crippen molar-refractivity contribution in [3.05, 3.63) is 0 Å². The van der Waals surface area contributed by atoms with Crippen LogP contribution in [0.2, 0.25) is 0 Å². The average Bonchev–Trinajstić information content (AvgIpc) is 2.95. The van der Waals surface area contributed by atoms with Crippen LogP contribution in [0.5, 0.6) is 0 Å². The van der Waals surface area contributed by atoms with E-state index in [1.54, 1.807) is 0 Å². The molecule has 1 aliphatic heterocycles. The number of hydrogen-bond acceptors (Lipinski definition) is 3. The molecule has 1 saturated carbocycles. The molecule has 1 saturated heterocycles. The Labute approximate surface area is 86.4 Å². The predicted molar refractivity (Wildman–Crippen MR) is 57.1 cm³/mol. The molecule has 0 aromatic carbocycles. The summed E-state index contributed by atoms with van der Waals surface area (Å²) >= 11 is 0. The van der Waals surface area contributed by atoms with Crippen LogP contribution in [0, 0.1) is 11.8 Å². The van der Waals surface area contributed by atoms with Crippen LogP contribution in [-0.2, 0) is 4.74 Å². The van der Waals surface area contributed by atoms with Crippen molar-refractivity contribution in [2.75, 3.05) is 26.3 Å². The van der Waals surface area contributed by atoms with Gasteiger partial charge in [-0.2, -0.15) is 0 Å². The number of nitrogens with two attached hydrogens (primary N) is 1. The zero-order chi connectivity index (χ0) is 10.0. The Morgan fingerprint density at radius 2 is 2.36 bits per heavy atom. The minimum absolute atomic E-state index is 0.0865. The topological polar surface area (TPSA) is 47.3 Å². The molecule has 2 aliphatic rings. The molecule has 1 heterocycles. The Morgan fingerprint density at radius 3 is 2.86 bits per heavy atom.